The van der Waals surface area contributed by atoms with Gasteiger partial charge in [-0.05, 0) is 49.9 Å². The fraction of sp³-hybridized carbons (Fsp3) is 0.533. The molecule has 3 aliphatic heterocycles. The van der Waals surface area contributed by atoms with Crippen LogP contribution in [-0.2, 0) is 0 Å². The number of benzene rings is 1. The summed E-state index contributed by atoms with van der Waals surface area (Å²) in [6.07, 6.45) is 2.77. The Morgan fingerprint density at radius 3 is 2.89 bits per heavy atom. The molecule has 19 heavy (non-hydrogen) atoms. The van der Waals surface area contributed by atoms with E-state index < -0.39 is 0 Å². The van der Waals surface area contributed by atoms with Gasteiger partial charge in [0.1, 0.15) is 0 Å². The third-order valence-electron chi connectivity index (χ3n) is 4.79. The molecule has 3 saturated heterocycles. The van der Waals surface area contributed by atoms with Crippen LogP contribution in [0.1, 0.15) is 12.8 Å². The molecule has 0 amide bonds. The molecule has 2 aromatic rings. The monoisotopic (exact) mass is 256 g/mol. The van der Waals surface area contributed by atoms with Gasteiger partial charge < -0.3 is 10.2 Å². The van der Waals surface area contributed by atoms with Gasteiger partial charge in [-0.25, -0.2) is 0 Å². The zero-order chi connectivity index (χ0) is 12.7. The van der Waals surface area contributed by atoms with Gasteiger partial charge in [-0.3, -0.25) is 5.10 Å². The average Bonchev–Trinajstić information content (AvgIpc) is 2.90. The van der Waals surface area contributed by atoms with Crippen LogP contribution in [0, 0.1) is 11.8 Å². The van der Waals surface area contributed by atoms with Gasteiger partial charge in [0.25, 0.3) is 0 Å². The first kappa shape index (κ1) is 11.3. The first-order valence-electron chi connectivity index (χ1n) is 7.29. The van der Waals surface area contributed by atoms with E-state index in [4.69, 9.17) is 0 Å². The van der Waals surface area contributed by atoms with E-state index in [-0.39, 0.29) is 0 Å². The molecule has 3 aliphatic rings. The number of fused-ring (bicyclic) bond motifs is 4. The molecule has 1 aromatic heterocycles. The Hall–Kier alpha value is -1.55. The van der Waals surface area contributed by atoms with Crippen LogP contribution in [0.15, 0.2) is 24.3 Å². The zero-order valence-corrected chi connectivity index (χ0v) is 11.1. The molecular weight excluding hydrogens is 236 g/mol. The number of piperidine rings is 3. The smallest absolute Gasteiger partial charge is 0.155 e. The molecule has 5 rings (SSSR count). The Balaban J connectivity index is 1.47. The summed E-state index contributed by atoms with van der Waals surface area (Å²) >= 11 is 0. The highest BCUT2D eigenvalue weighted by Crippen LogP contribution is 2.32. The molecular formula is C15H20N4. The van der Waals surface area contributed by atoms with E-state index in [0.29, 0.717) is 0 Å². The quantitative estimate of drug-likeness (QED) is 0.885. The summed E-state index contributed by atoms with van der Waals surface area (Å²) in [7, 11) is 0. The van der Waals surface area contributed by atoms with Crippen LogP contribution < -0.4 is 5.32 Å². The minimum atomic E-state index is 0.790. The molecule has 4 heteroatoms. The second-order valence-electron chi connectivity index (χ2n) is 5.90. The Morgan fingerprint density at radius 2 is 2.11 bits per heavy atom. The SMILES string of the molecule is c1ccc2c(NC[C@@H]3CN4CCC3CC4)n[nH]c2c1. The predicted octanol–water partition coefficient (Wildman–Crippen LogP) is 2.32. The van der Waals surface area contributed by atoms with Crippen molar-refractivity contribution in [2.45, 2.75) is 12.8 Å². The summed E-state index contributed by atoms with van der Waals surface area (Å²) in [6, 6.07) is 8.30. The van der Waals surface area contributed by atoms with E-state index in [1.807, 2.05) is 6.07 Å². The third kappa shape index (κ3) is 2.00. The largest absolute Gasteiger partial charge is 0.368 e. The number of anilines is 1. The normalized spacial score (nSPS) is 29.8. The Labute approximate surface area is 113 Å². The number of aromatic amines is 1. The topological polar surface area (TPSA) is 44.0 Å². The van der Waals surface area contributed by atoms with Gasteiger partial charge in [0, 0.05) is 18.5 Å². The lowest BCUT2D eigenvalue weighted by Gasteiger charge is -2.44. The van der Waals surface area contributed by atoms with Crippen LogP contribution in [0.3, 0.4) is 0 Å². The molecule has 3 fully saturated rings. The second kappa shape index (κ2) is 4.53. The first-order chi connectivity index (χ1) is 9.40. The lowest BCUT2D eigenvalue weighted by atomic mass is 9.79. The van der Waals surface area contributed by atoms with Gasteiger partial charge in [0.2, 0.25) is 0 Å². The van der Waals surface area contributed by atoms with Gasteiger partial charge >= 0.3 is 0 Å². The van der Waals surface area contributed by atoms with Crippen molar-refractivity contribution in [3.63, 3.8) is 0 Å². The molecule has 1 aromatic carbocycles. The highest BCUT2D eigenvalue weighted by Gasteiger charge is 2.33. The first-order valence-corrected chi connectivity index (χ1v) is 7.29. The Morgan fingerprint density at radius 1 is 1.26 bits per heavy atom. The molecule has 1 atom stereocenters. The fourth-order valence-corrected chi connectivity index (χ4v) is 3.64. The summed E-state index contributed by atoms with van der Waals surface area (Å²) in [5.41, 5.74) is 1.11. The molecule has 0 saturated carbocycles. The number of nitrogens with one attached hydrogen (secondary N) is 2. The van der Waals surface area contributed by atoms with Crippen LogP contribution in [0.25, 0.3) is 10.9 Å². The minimum Gasteiger partial charge on any atom is -0.368 e. The van der Waals surface area contributed by atoms with Crippen LogP contribution in [0.5, 0.6) is 0 Å². The number of rotatable bonds is 3. The summed E-state index contributed by atoms with van der Waals surface area (Å²) in [5, 5.41) is 12.2. The van der Waals surface area contributed by atoms with Crippen molar-refractivity contribution < 1.29 is 0 Å². The maximum Gasteiger partial charge on any atom is 0.155 e. The fourth-order valence-electron chi connectivity index (χ4n) is 3.64. The van der Waals surface area contributed by atoms with Crippen LogP contribution in [-0.4, -0.2) is 41.3 Å². The van der Waals surface area contributed by atoms with Gasteiger partial charge in [0.05, 0.1) is 5.52 Å². The summed E-state index contributed by atoms with van der Waals surface area (Å²) in [6.45, 7) is 4.94. The van der Waals surface area contributed by atoms with E-state index in [9.17, 15) is 0 Å². The molecule has 4 nitrogen and oxygen atoms in total. The lowest BCUT2D eigenvalue weighted by Crippen LogP contribution is -2.49. The summed E-state index contributed by atoms with van der Waals surface area (Å²) in [5.74, 6) is 2.72. The van der Waals surface area contributed by atoms with E-state index in [0.717, 1.165) is 29.7 Å². The van der Waals surface area contributed by atoms with Crippen molar-refractivity contribution in [2.24, 2.45) is 11.8 Å². The van der Waals surface area contributed by atoms with Crippen molar-refractivity contribution in [3.05, 3.63) is 24.3 Å². The number of H-pyrrole nitrogens is 1. The standard InChI is InChI=1S/C15H20N4/c1-2-4-14-13(3-1)15(18-17-14)16-9-12-10-19-7-5-11(12)6-8-19/h1-4,11-12H,5-10H2,(H2,16,17,18)/t12-/m1/s1. The molecule has 0 radical (unpaired) electrons. The molecule has 2 bridgehead atoms. The zero-order valence-electron chi connectivity index (χ0n) is 11.1. The maximum atomic E-state index is 4.39. The van der Waals surface area contributed by atoms with Crippen molar-refractivity contribution in [3.8, 4) is 0 Å². The Bertz CT molecular complexity index is 568. The summed E-state index contributed by atoms with van der Waals surface area (Å²) < 4.78 is 0. The minimum absolute atomic E-state index is 0.790. The average molecular weight is 256 g/mol. The van der Waals surface area contributed by atoms with E-state index in [2.05, 4.69) is 38.6 Å². The van der Waals surface area contributed by atoms with Crippen LogP contribution in [0.2, 0.25) is 0 Å². The highest BCUT2D eigenvalue weighted by molar-refractivity contribution is 5.89. The lowest BCUT2D eigenvalue weighted by molar-refractivity contribution is 0.0574. The molecule has 4 heterocycles. The number of hydrogen-bond donors (Lipinski definition) is 2. The Kier molecular flexibility index (Phi) is 2.69. The van der Waals surface area contributed by atoms with E-state index in [1.165, 1.54) is 37.9 Å². The van der Waals surface area contributed by atoms with E-state index >= 15 is 0 Å². The molecule has 100 valence electrons. The molecule has 0 unspecified atom stereocenters. The number of aromatic nitrogens is 2. The highest BCUT2D eigenvalue weighted by atomic mass is 15.2. The van der Waals surface area contributed by atoms with Gasteiger partial charge in [-0.15, -0.1) is 0 Å². The number of hydrogen-bond acceptors (Lipinski definition) is 3. The van der Waals surface area contributed by atoms with E-state index in [1.54, 1.807) is 0 Å². The van der Waals surface area contributed by atoms with Crippen molar-refractivity contribution in [2.75, 3.05) is 31.5 Å². The van der Waals surface area contributed by atoms with Crippen molar-refractivity contribution in [1.82, 2.24) is 15.1 Å². The number of nitrogens with zero attached hydrogens (tertiary/aromatic N) is 2. The molecule has 2 N–H and O–H groups in total. The van der Waals surface area contributed by atoms with Gasteiger partial charge in [-0.2, -0.15) is 5.10 Å². The van der Waals surface area contributed by atoms with Gasteiger partial charge in [-0.1, -0.05) is 12.1 Å². The van der Waals surface area contributed by atoms with Crippen LogP contribution in [0.4, 0.5) is 5.82 Å². The molecule has 0 aliphatic carbocycles. The van der Waals surface area contributed by atoms with Crippen molar-refractivity contribution >= 4 is 16.7 Å². The van der Waals surface area contributed by atoms with Gasteiger partial charge in [0.15, 0.2) is 5.82 Å². The summed E-state index contributed by atoms with van der Waals surface area (Å²) in [4.78, 5) is 2.61. The third-order valence-corrected chi connectivity index (χ3v) is 4.79. The van der Waals surface area contributed by atoms with Crippen LogP contribution >= 0.6 is 0 Å². The number of para-hydroxylation sites is 1. The second-order valence-corrected chi connectivity index (χ2v) is 5.90. The predicted molar refractivity (Wildman–Crippen MR) is 77.2 cm³/mol. The van der Waals surface area contributed by atoms with Crippen molar-refractivity contribution in [1.29, 1.82) is 0 Å². The molecule has 0 spiro atoms. The maximum absolute atomic E-state index is 4.39.